The van der Waals surface area contributed by atoms with Crippen LogP contribution in [-0.4, -0.2) is 25.0 Å². The molecule has 0 atom stereocenters. The average molecular weight is 384 g/mol. The van der Waals surface area contributed by atoms with Crippen LogP contribution in [0.1, 0.15) is 32.3 Å². The predicted octanol–water partition coefficient (Wildman–Crippen LogP) is 4.17. The summed E-state index contributed by atoms with van der Waals surface area (Å²) >= 11 is 0. The highest BCUT2D eigenvalue weighted by Crippen LogP contribution is 2.27. The third-order valence-corrected chi connectivity index (χ3v) is 4.47. The minimum absolute atomic E-state index is 0.0727. The molecule has 5 nitrogen and oxygen atoms in total. The van der Waals surface area contributed by atoms with Crippen LogP contribution in [0.4, 0.5) is 15.8 Å². The Bertz CT molecular complexity index is 849. The Morgan fingerprint density at radius 2 is 1.96 bits per heavy atom. The van der Waals surface area contributed by atoms with Gasteiger partial charge in [0.1, 0.15) is 11.6 Å². The molecule has 1 fully saturated rings. The van der Waals surface area contributed by atoms with Crippen molar-refractivity contribution in [2.24, 2.45) is 5.92 Å². The summed E-state index contributed by atoms with van der Waals surface area (Å²) in [5.74, 6) is 0.393. The first-order valence-corrected chi connectivity index (χ1v) is 9.54. The van der Waals surface area contributed by atoms with E-state index in [-0.39, 0.29) is 23.9 Å². The summed E-state index contributed by atoms with van der Waals surface area (Å²) in [6.07, 6.45) is 1.36. The molecule has 2 aromatic rings. The number of nitrogens with one attached hydrogen (secondary N) is 1. The van der Waals surface area contributed by atoms with Crippen molar-refractivity contribution in [2.45, 2.75) is 33.1 Å². The third kappa shape index (κ3) is 5.09. The highest BCUT2D eigenvalue weighted by Gasteiger charge is 2.24. The summed E-state index contributed by atoms with van der Waals surface area (Å²) < 4.78 is 20.0. The fraction of sp³-hybridized carbons (Fsp3) is 0.364. The first-order valence-electron chi connectivity index (χ1n) is 9.54. The number of halogens is 1. The monoisotopic (exact) mass is 384 g/mol. The van der Waals surface area contributed by atoms with E-state index in [9.17, 15) is 14.0 Å². The van der Waals surface area contributed by atoms with E-state index < -0.39 is 5.82 Å². The standard InChI is InChI=1S/C22H25FN2O3/c1-15(2)14-28-18-8-5-16(6-9-18)12-21(26)24-17-7-10-20(19(23)13-17)25-11-3-4-22(25)27/h5-10,13,15H,3-4,11-12,14H2,1-2H3,(H,24,26). The molecule has 0 spiro atoms. The van der Waals surface area contributed by atoms with Gasteiger partial charge in [-0.15, -0.1) is 0 Å². The molecule has 0 aromatic heterocycles. The average Bonchev–Trinajstić information content (AvgIpc) is 3.07. The van der Waals surface area contributed by atoms with Gasteiger partial charge < -0.3 is 15.0 Å². The maximum Gasteiger partial charge on any atom is 0.228 e. The van der Waals surface area contributed by atoms with Crippen LogP contribution in [0.25, 0.3) is 0 Å². The van der Waals surface area contributed by atoms with Gasteiger partial charge in [-0.3, -0.25) is 9.59 Å². The maximum atomic E-state index is 14.4. The van der Waals surface area contributed by atoms with E-state index in [2.05, 4.69) is 19.2 Å². The lowest BCUT2D eigenvalue weighted by atomic mass is 10.1. The number of benzene rings is 2. The van der Waals surface area contributed by atoms with Crippen molar-refractivity contribution in [3.63, 3.8) is 0 Å². The molecule has 1 aliphatic rings. The van der Waals surface area contributed by atoms with Gasteiger partial charge in [-0.05, 0) is 48.2 Å². The topological polar surface area (TPSA) is 58.6 Å². The number of carbonyl (C=O) groups excluding carboxylic acids is 2. The van der Waals surface area contributed by atoms with Crippen molar-refractivity contribution in [1.29, 1.82) is 0 Å². The van der Waals surface area contributed by atoms with Gasteiger partial charge in [0.15, 0.2) is 0 Å². The molecular weight excluding hydrogens is 359 g/mol. The zero-order valence-corrected chi connectivity index (χ0v) is 16.2. The highest BCUT2D eigenvalue weighted by molar-refractivity contribution is 5.96. The number of carbonyl (C=O) groups is 2. The molecule has 1 saturated heterocycles. The number of amides is 2. The number of rotatable bonds is 7. The number of hydrogen-bond donors (Lipinski definition) is 1. The SMILES string of the molecule is CC(C)COc1ccc(CC(=O)Nc2ccc(N3CCCC3=O)c(F)c2)cc1. The van der Waals surface area contributed by atoms with E-state index in [0.29, 0.717) is 31.2 Å². The van der Waals surface area contributed by atoms with E-state index in [1.807, 2.05) is 24.3 Å². The van der Waals surface area contributed by atoms with Gasteiger partial charge in [0.25, 0.3) is 0 Å². The van der Waals surface area contributed by atoms with E-state index in [1.165, 1.54) is 17.0 Å². The molecule has 0 aliphatic carbocycles. The van der Waals surface area contributed by atoms with E-state index in [4.69, 9.17) is 4.74 Å². The van der Waals surface area contributed by atoms with Crippen LogP contribution in [0.5, 0.6) is 5.75 Å². The van der Waals surface area contributed by atoms with E-state index >= 15 is 0 Å². The third-order valence-electron chi connectivity index (χ3n) is 4.47. The minimum Gasteiger partial charge on any atom is -0.493 e. The molecule has 0 bridgehead atoms. The van der Waals surface area contributed by atoms with Gasteiger partial charge in [-0.25, -0.2) is 4.39 Å². The van der Waals surface area contributed by atoms with Crippen molar-refractivity contribution in [3.8, 4) is 5.75 Å². The maximum absolute atomic E-state index is 14.4. The Hall–Kier alpha value is -2.89. The molecule has 2 aromatic carbocycles. The van der Waals surface area contributed by atoms with Crippen molar-refractivity contribution < 1.29 is 18.7 Å². The Balaban J connectivity index is 1.57. The van der Waals surface area contributed by atoms with Gasteiger partial charge in [0.2, 0.25) is 11.8 Å². The normalized spacial score (nSPS) is 13.9. The largest absolute Gasteiger partial charge is 0.493 e. The summed E-state index contributed by atoms with van der Waals surface area (Å²) in [4.78, 5) is 25.5. The Labute approximate surface area is 164 Å². The molecule has 1 heterocycles. The van der Waals surface area contributed by atoms with Crippen LogP contribution < -0.4 is 15.0 Å². The number of hydrogen-bond acceptors (Lipinski definition) is 3. The summed E-state index contributed by atoms with van der Waals surface area (Å²) in [6.45, 7) is 5.33. The number of ether oxygens (including phenoxy) is 1. The summed E-state index contributed by atoms with van der Waals surface area (Å²) in [5, 5.41) is 2.70. The molecular formula is C22H25FN2O3. The fourth-order valence-electron chi connectivity index (χ4n) is 3.06. The molecule has 1 N–H and O–H groups in total. The Morgan fingerprint density at radius 3 is 2.57 bits per heavy atom. The van der Waals surface area contributed by atoms with Gasteiger partial charge in [-0.1, -0.05) is 26.0 Å². The Morgan fingerprint density at radius 1 is 1.21 bits per heavy atom. The lowest BCUT2D eigenvalue weighted by Crippen LogP contribution is -2.24. The van der Waals surface area contributed by atoms with Crippen LogP contribution in [0.15, 0.2) is 42.5 Å². The molecule has 0 unspecified atom stereocenters. The smallest absolute Gasteiger partial charge is 0.228 e. The van der Waals surface area contributed by atoms with Crippen LogP contribution in [0, 0.1) is 11.7 Å². The van der Waals surface area contributed by atoms with Crippen LogP contribution in [0.2, 0.25) is 0 Å². The van der Waals surface area contributed by atoms with Gasteiger partial charge in [0.05, 0.1) is 18.7 Å². The Kier molecular flexibility index (Phi) is 6.29. The van der Waals surface area contributed by atoms with Crippen LogP contribution >= 0.6 is 0 Å². The van der Waals surface area contributed by atoms with Gasteiger partial charge in [-0.2, -0.15) is 0 Å². The number of nitrogens with zero attached hydrogens (tertiary/aromatic N) is 1. The zero-order chi connectivity index (χ0) is 20.1. The van der Waals surface area contributed by atoms with Crippen LogP contribution in [-0.2, 0) is 16.0 Å². The summed E-state index contributed by atoms with van der Waals surface area (Å²) in [6, 6.07) is 11.8. The highest BCUT2D eigenvalue weighted by atomic mass is 19.1. The lowest BCUT2D eigenvalue weighted by molar-refractivity contribution is -0.117. The van der Waals surface area contributed by atoms with Gasteiger partial charge >= 0.3 is 0 Å². The second-order valence-corrected chi connectivity index (χ2v) is 7.39. The van der Waals surface area contributed by atoms with Crippen molar-refractivity contribution in [1.82, 2.24) is 0 Å². The molecule has 6 heteroatoms. The van der Waals surface area contributed by atoms with E-state index in [1.54, 1.807) is 6.07 Å². The van der Waals surface area contributed by atoms with E-state index in [0.717, 1.165) is 17.7 Å². The van der Waals surface area contributed by atoms with Gasteiger partial charge in [0, 0.05) is 18.7 Å². The van der Waals surface area contributed by atoms with Crippen molar-refractivity contribution >= 4 is 23.2 Å². The molecule has 3 rings (SSSR count). The second-order valence-electron chi connectivity index (χ2n) is 7.39. The molecule has 1 aliphatic heterocycles. The predicted molar refractivity (Wildman–Crippen MR) is 107 cm³/mol. The zero-order valence-electron chi connectivity index (χ0n) is 16.2. The quantitative estimate of drug-likeness (QED) is 0.780. The molecule has 148 valence electrons. The summed E-state index contributed by atoms with van der Waals surface area (Å²) in [5.41, 5.74) is 1.47. The number of anilines is 2. The molecule has 28 heavy (non-hydrogen) atoms. The minimum atomic E-state index is -0.514. The molecule has 2 amide bonds. The molecule has 0 radical (unpaired) electrons. The fourth-order valence-corrected chi connectivity index (χ4v) is 3.06. The molecule has 0 saturated carbocycles. The lowest BCUT2D eigenvalue weighted by Gasteiger charge is -2.17. The second kappa shape index (κ2) is 8.87. The van der Waals surface area contributed by atoms with Crippen molar-refractivity contribution in [2.75, 3.05) is 23.4 Å². The van der Waals surface area contributed by atoms with Crippen molar-refractivity contribution in [3.05, 3.63) is 53.8 Å². The summed E-state index contributed by atoms with van der Waals surface area (Å²) in [7, 11) is 0. The first-order chi connectivity index (χ1) is 13.4. The first kappa shape index (κ1) is 19.9. The van der Waals surface area contributed by atoms with Crippen LogP contribution in [0.3, 0.4) is 0 Å².